The van der Waals surface area contributed by atoms with Gasteiger partial charge in [-0.25, -0.2) is 0 Å². The van der Waals surface area contributed by atoms with Gasteiger partial charge in [-0.3, -0.25) is 9.89 Å². The third kappa shape index (κ3) is 3.69. The van der Waals surface area contributed by atoms with E-state index in [-0.39, 0.29) is 11.9 Å². The van der Waals surface area contributed by atoms with Crippen molar-refractivity contribution in [2.45, 2.75) is 25.3 Å². The number of carbonyl (C=O) groups excluding carboxylic acids is 1. The third-order valence-electron chi connectivity index (χ3n) is 5.08. The van der Waals surface area contributed by atoms with Gasteiger partial charge in [-0.1, -0.05) is 0 Å². The van der Waals surface area contributed by atoms with Gasteiger partial charge in [0.1, 0.15) is 5.75 Å². The van der Waals surface area contributed by atoms with Crippen LogP contribution in [0, 0.1) is 5.92 Å². The molecule has 0 spiro atoms. The van der Waals surface area contributed by atoms with Crippen LogP contribution < -0.4 is 10.1 Å². The Balaban J connectivity index is 1.41. The van der Waals surface area contributed by atoms with E-state index < -0.39 is 0 Å². The maximum Gasteiger partial charge on any atom is 0.255 e. The zero-order valence-electron chi connectivity index (χ0n) is 14.5. The van der Waals surface area contributed by atoms with Gasteiger partial charge in [0.25, 0.3) is 5.91 Å². The first kappa shape index (κ1) is 16.1. The molecule has 132 valence electrons. The topological polar surface area (TPSA) is 70.2 Å². The van der Waals surface area contributed by atoms with Crippen molar-refractivity contribution in [3.8, 4) is 17.0 Å². The summed E-state index contributed by atoms with van der Waals surface area (Å²) in [5.41, 5.74) is 2.25. The van der Waals surface area contributed by atoms with Crippen molar-refractivity contribution in [3.05, 3.63) is 36.0 Å². The van der Waals surface area contributed by atoms with Gasteiger partial charge in [-0.2, -0.15) is 5.10 Å². The van der Waals surface area contributed by atoms with Crippen molar-refractivity contribution in [3.63, 3.8) is 0 Å². The average Bonchev–Trinajstić information content (AvgIpc) is 3.12. The summed E-state index contributed by atoms with van der Waals surface area (Å²) in [6.45, 7) is 3.23. The molecule has 4 rings (SSSR count). The van der Waals surface area contributed by atoms with Gasteiger partial charge >= 0.3 is 0 Å². The second-order valence-electron chi connectivity index (χ2n) is 7.05. The van der Waals surface area contributed by atoms with Crippen molar-refractivity contribution in [1.82, 2.24) is 20.4 Å². The van der Waals surface area contributed by atoms with Crippen LogP contribution >= 0.6 is 0 Å². The van der Waals surface area contributed by atoms with E-state index in [1.807, 2.05) is 24.3 Å². The molecule has 0 radical (unpaired) electrons. The summed E-state index contributed by atoms with van der Waals surface area (Å²) < 4.78 is 5.18. The largest absolute Gasteiger partial charge is 0.497 e. The lowest BCUT2D eigenvalue weighted by Crippen LogP contribution is -2.37. The van der Waals surface area contributed by atoms with Gasteiger partial charge in [0.15, 0.2) is 0 Å². The number of likely N-dealkylation sites (tertiary alicyclic amines) is 1. The van der Waals surface area contributed by atoms with Crippen LogP contribution in [0.15, 0.2) is 30.5 Å². The highest BCUT2D eigenvalue weighted by atomic mass is 16.5. The predicted molar refractivity (Wildman–Crippen MR) is 95.6 cm³/mol. The van der Waals surface area contributed by atoms with Crippen molar-refractivity contribution < 1.29 is 9.53 Å². The van der Waals surface area contributed by atoms with E-state index in [1.165, 1.54) is 19.4 Å². The van der Waals surface area contributed by atoms with Crippen molar-refractivity contribution in [1.29, 1.82) is 0 Å². The fraction of sp³-hybridized carbons (Fsp3) is 0.474. The molecule has 1 aliphatic carbocycles. The molecule has 2 aliphatic rings. The molecule has 0 bridgehead atoms. The Bertz CT molecular complexity index is 736. The summed E-state index contributed by atoms with van der Waals surface area (Å²) in [6, 6.07) is 7.84. The molecule has 2 fully saturated rings. The highest BCUT2D eigenvalue weighted by molar-refractivity contribution is 5.99. The van der Waals surface area contributed by atoms with Crippen LogP contribution in [0.1, 0.15) is 29.6 Å². The molecule has 1 atom stereocenters. The molecule has 1 saturated carbocycles. The Morgan fingerprint density at radius 2 is 2.12 bits per heavy atom. The molecule has 6 nitrogen and oxygen atoms in total. The molecule has 2 aromatic rings. The van der Waals surface area contributed by atoms with Crippen molar-refractivity contribution >= 4 is 5.91 Å². The number of benzene rings is 1. The second kappa shape index (κ2) is 6.88. The van der Waals surface area contributed by atoms with Crippen LogP contribution in [0.5, 0.6) is 5.75 Å². The molecule has 1 aromatic heterocycles. The van der Waals surface area contributed by atoms with Crippen LogP contribution in [0.25, 0.3) is 11.3 Å². The van der Waals surface area contributed by atoms with E-state index in [0.29, 0.717) is 5.56 Å². The Kier molecular flexibility index (Phi) is 4.44. The van der Waals surface area contributed by atoms with Crippen LogP contribution in [0.4, 0.5) is 0 Å². The number of aromatic amines is 1. The molecule has 1 aliphatic heterocycles. The highest BCUT2D eigenvalue weighted by Gasteiger charge is 2.30. The minimum atomic E-state index is -0.0576. The summed E-state index contributed by atoms with van der Waals surface area (Å²) in [4.78, 5) is 15.2. The number of H-pyrrole nitrogens is 1. The maximum absolute atomic E-state index is 12.7. The standard InChI is InChI=1S/C19H24N4O2/c1-25-16-6-4-14(5-7-16)18-17(10-20-22-18)19(24)21-15-8-9-23(12-15)11-13-2-3-13/h4-7,10,13,15H,2-3,8-9,11-12H2,1H3,(H,20,22)(H,21,24)/t15-/m1/s1. The van der Waals surface area contributed by atoms with Gasteiger partial charge in [-0.15, -0.1) is 0 Å². The number of aromatic nitrogens is 2. The zero-order valence-corrected chi connectivity index (χ0v) is 14.5. The number of amides is 1. The van der Waals surface area contributed by atoms with E-state index in [9.17, 15) is 4.79 Å². The molecule has 6 heteroatoms. The van der Waals surface area contributed by atoms with E-state index in [0.717, 1.165) is 42.4 Å². The quantitative estimate of drug-likeness (QED) is 0.846. The normalized spacial score (nSPS) is 20.6. The van der Waals surface area contributed by atoms with Crippen molar-refractivity contribution in [2.24, 2.45) is 5.92 Å². The summed E-state index contributed by atoms with van der Waals surface area (Å²) in [7, 11) is 1.64. The lowest BCUT2D eigenvalue weighted by molar-refractivity contribution is 0.0938. The maximum atomic E-state index is 12.7. The molecular weight excluding hydrogens is 316 g/mol. The summed E-state index contributed by atoms with van der Waals surface area (Å²) >= 11 is 0. The van der Waals surface area contributed by atoms with Crippen LogP contribution in [0.3, 0.4) is 0 Å². The molecule has 1 amide bonds. The molecular formula is C19H24N4O2. The number of methoxy groups -OCH3 is 1. The number of nitrogens with zero attached hydrogens (tertiary/aromatic N) is 2. The SMILES string of the molecule is COc1ccc(-c2[nH]ncc2C(=O)N[C@@H]2CCN(CC3CC3)C2)cc1. The van der Waals surface area contributed by atoms with Gasteiger partial charge in [0, 0.05) is 31.2 Å². The molecule has 1 aromatic carbocycles. The molecule has 1 saturated heterocycles. The number of hydrogen-bond acceptors (Lipinski definition) is 4. The smallest absolute Gasteiger partial charge is 0.255 e. The summed E-state index contributed by atoms with van der Waals surface area (Å²) in [5.74, 6) is 1.62. The summed E-state index contributed by atoms with van der Waals surface area (Å²) in [5, 5.41) is 10.2. The predicted octanol–water partition coefficient (Wildman–Crippen LogP) is 2.30. The van der Waals surface area contributed by atoms with E-state index >= 15 is 0 Å². The van der Waals surface area contributed by atoms with Crippen LogP contribution in [0.2, 0.25) is 0 Å². The van der Waals surface area contributed by atoms with E-state index in [1.54, 1.807) is 13.3 Å². The first-order chi connectivity index (χ1) is 12.2. The minimum Gasteiger partial charge on any atom is -0.497 e. The van der Waals surface area contributed by atoms with Gasteiger partial charge in [-0.05, 0) is 49.4 Å². The number of nitrogens with one attached hydrogen (secondary N) is 2. The average molecular weight is 340 g/mol. The molecule has 2 N–H and O–H groups in total. The van der Waals surface area contributed by atoms with Crippen LogP contribution in [-0.4, -0.2) is 53.8 Å². The van der Waals surface area contributed by atoms with Crippen molar-refractivity contribution in [2.75, 3.05) is 26.7 Å². The molecule has 2 heterocycles. The fourth-order valence-corrected chi connectivity index (χ4v) is 3.48. The Hall–Kier alpha value is -2.34. The Labute approximate surface area is 147 Å². The third-order valence-corrected chi connectivity index (χ3v) is 5.08. The first-order valence-corrected chi connectivity index (χ1v) is 8.94. The number of hydrogen-bond donors (Lipinski definition) is 2. The number of carbonyl (C=O) groups is 1. The Morgan fingerprint density at radius 1 is 1.32 bits per heavy atom. The first-order valence-electron chi connectivity index (χ1n) is 8.94. The summed E-state index contributed by atoms with van der Waals surface area (Å²) in [6.07, 6.45) is 5.36. The second-order valence-corrected chi connectivity index (χ2v) is 7.05. The lowest BCUT2D eigenvalue weighted by atomic mass is 10.1. The van der Waals surface area contributed by atoms with Gasteiger partial charge in [0.05, 0.1) is 24.6 Å². The molecule has 0 unspecified atom stereocenters. The monoisotopic (exact) mass is 340 g/mol. The Morgan fingerprint density at radius 3 is 2.84 bits per heavy atom. The van der Waals surface area contributed by atoms with E-state index in [4.69, 9.17) is 4.74 Å². The zero-order chi connectivity index (χ0) is 17.2. The van der Waals surface area contributed by atoms with Gasteiger partial charge in [0.2, 0.25) is 0 Å². The lowest BCUT2D eigenvalue weighted by Gasteiger charge is -2.16. The van der Waals surface area contributed by atoms with E-state index in [2.05, 4.69) is 20.4 Å². The van der Waals surface area contributed by atoms with Gasteiger partial charge < -0.3 is 15.0 Å². The number of rotatable bonds is 6. The minimum absolute atomic E-state index is 0.0576. The number of ether oxygens (including phenoxy) is 1. The highest BCUT2D eigenvalue weighted by Crippen LogP contribution is 2.31. The molecule has 25 heavy (non-hydrogen) atoms. The van der Waals surface area contributed by atoms with Crippen LogP contribution in [-0.2, 0) is 0 Å². The fourth-order valence-electron chi connectivity index (χ4n) is 3.48.